The molecule has 0 aliphatic carbocycles. The quantitative estimate of drug-likeness (QED) is 0.832. The first-order chi connectivity index (χ1) is 9.56. The lowest BCUT2D eigenvalue weighted by Gasteiger charge is -2.07. The van der Waals surface area contributed by atoms with E-state index in [-0.39, 0.29) is 5.71 Å². The van der Waals surface area contributed by atoms with Crippen molar-refractivity contribution in [3.63, 3.8) is 0 Å². The van der Waals surface area contributed by atoms with Crippen molar-refractivity contribution < 1.29 is 4.79 Å². The zero-order chi connectivity index (χ0) is 14.5. The normalized spacial score (nSPS) is 10.1. The van der Waals surface area contributed by atoms with E-state index in [1.807, 2.05) is 12.1 Å². The van der Waals surface area contributed by atoms with Crippen molar-refractivity contribution in [3.05, 3.63) is 69.7 Å². The third-order valence-electron chi connectivity index (χ3n) is 2.73. The van der Waals surface area contributed by atoms with Crippen LogP contribution in [0.3, 0.4) is 0 Å². The van der Waals surface area contributed by atoms with Crippen LogP contribution in [0, 0.1) is 5.41 Å². The zero-order valence-corrected chi connectivity index (χ0v) is 12.0. The number of benzene rings is 2. The van der Waals surface area contributed by atoms with Gasteiger partial charge in [0, 0.05) is 22.2 Å². The minimum atomic E-state index is -0.428. The molecule has 2 aromatic carbocycles. The van der Waals surface area contributed by atoms with Crippen LogP contribution in [0.5, 0.6) is 0 Å². The summed E-state index contributed by atoms with van der Waals surface area (Å²) < 4.78 is 0. The molecule has 3 nitrogen and oxygen atoms in total. The number of halogens is 2. The number of hydrogen-bond donors (Lipinski definition) is 2. The van der Waals surface area contributed by atoms with Crippen LogP contribution >= 0.6 is 23.2 Å². The molecule has 2 N–H and O–H groups in total. The van der Waals surface area contributed by atoms with Crippen molar-refractivity contribution in [2.75, 3.05) is 0 Å². The number of amides is 1. The lowest BCUT2D eigenvalue weighted by Crippen LogP contribution is -2.30. The van der Waals surface area contributed by atoms with E-state index >= 15 is 0 Å². The SMILES string of the molecule is N=C(C(=O)NCc1ccc(Cl)cc1)c1ccc(Cl)cc1. The number of hydrogen-bond acceptors (Lipinski definition) is 2. The smallest absolute Gasteiger partial charge is 0.270 e. The van der Waals surface area contributed by atoms with Gasteiger partial charge < -0.3 is 5.32 Å². The molecule has 0 saturated carbocycles. The molecule has 0 spiro atoms. The number of carbonyl (C=O) groups is 1. The van der Waals surface area contributed by atoms with Gasteiger partial charge in [0.2, 0.25) is 0 Å². The summed E-state index contributed by atoms with van der Waals surface area (Å²) in [6, 6.07) is 13.8. The molecule has 0 radical (unpaired) electrons. The Kier molecular flexibility index (Phi) is 4.77. The molecule has 1 amide bonds. The first-order valence-electron chi connectivity index (χ1n) is 5.93. The van der Waals surface area contributed by atoms with Crippen molar-refractivity contribution in [1.82, 2.24) is 5.32 Å². The van der Waals surface area contributed by atoms with Crippen molar-refractivity contribution in [2.24, 2.45) is 0 Å². The Morgan fingerprint density at radius 1 is 0.950 bits per heavy atom. The highest BCUT2D eigenvalue weighted by Crippen LogP contribution is 2.11. The number of nitrogens with one attached hydrogen (secondary N) is 2. The highest BCUT2D eigenvalue weighted by molar-refractivity contribution is 6.44. The fourth-order valence-electron chi connectivity index (χ4n) is 1.62. The van der Waals surface area contributed by atoms with Crippen LogP contribution in [0.1, 0.15) is 11.1 Å². The molecule has 2 rings (SSSR count). The Hall–Kier alpha value is -1.84. The largest absolute Gasteiger partial charge is 0.347 e. The summed E-state index contributed by atoms with van der Waals surface area (Å²) in [7, 11) is 0. The first-order valence-corrected chi connectivity index (χ1v) is 6.69. The van der Waals surface area contributed by atoms with Crippen LogP contribution in [-0.4, -0.2) is 11.6 Å². The molecule has 0 aromatic heterocycles. The maximum absolute atomic E-state index is 11.9. The number of carbonyl (C=O) groups excluding carboxylic acids is 1. The Balaban J connectivity index is 1.96. The monoisotopic (exact) mass is 306 g/mol. The summed E-state index contributed by atoms with van der Waals surface area (Å²) in [5, 5.41) is 11.7. The van der Waals surface area contributed by atoms with E-state index in [0.717, 1.165) is 5.56 Å². The molecule has 0 aliphatic heterocycles. The molecule has 0 bridgehead atoms. The van der Waals surface area contributed by atoms with Gasteiger partial charge >= 0.3 is 0 Å². The minimum absolute atomic E-state index is 0.0874. The van der Waals surface area contributed by atoms with Crippen LogP contribution in [0.2, 0.25) is 10.0 Å². The van der Waals surface area contributed by atoms with Gasteiger partial charge in [-0.15, -0.1) is 0 Å². The van der Waals surface area contributed by atoms with Crippen LogP contribution in [0.4, 0.5) is 0 Å². The molecule has 2 aromatic rings. The topological polar surface area (TPSA) is 53.0 Å². The third-order valence-corrected chi connectivity index (χ3v) is 3.23. The minimum Gasteiger partial charge on any atom is -0.347 e. The van der Waals surface area contributed by atoms with Crippen LogP contribution in [0.15, 0.2) is 48.5 Å². The average Bonchev–Trinajstić information content (AvgIpc) is 2.46. The Bertz CT molecular complexity index is 621. The standard InChI is InChI=1S/C15H12Cl2N2O/c16-12-5-1-10(2-6-12)9-19-15(20)14(18)11-3-7-13(17)8-4-11/h1-8,18H,9H2,(H,19,20). The van der Waals surface area contributed by atoms with E-state index in [4.69, 9.17) is 28.6 Å². The molecule has 0 unspecified atom stereocenters. The van der Waals surface area contributed by atoms with Crippen molar-refractivity contribution in [1.29, 1.82) is 5.41 Å². The second-order valence-electron chi connectivity index (χ2n) is 4.19. The third kappa shape index (κ3) is 3.83. The van der Waals surface area contributed by atoms with Crippen LogP contribution < -0.4 is 5.32 Å². The zero-order valence-electron chi connectivity index (χ0n) is 10.5. The van der Waals surface area contributed by atoms with E-state index in [1.54, 1.807) is 36.4 Å². The van der Waals surface area contributed by atoms with Crippen molar-refractivity contribution in [3.8, 4) is 0 Å². The summed E-state index contributed by atoms with van der Waals surface area (Å²) >= 11 is 11.6. The molecule has 5 heteroatoms. The lowest BCUT2D eigenvalue weighted by molar-refractivity contribution is -0.114. The molecule has 0 aliphatic rings. The van der Waals surface area contributed by atoms with Gasteiger partial charge in [0.25, 0.3) is 5.91 Å². The molecule has 20 heavy (non-hydrogen) atoms. The van der Waals surface area contributed by atoms with Gasteiger partial charge in [0.1, 0.15) is 5.71 Å². The Morgan fingerprint density at radius 3 is 2.00 bits per heavy atom. The highest BCUT2D eigenvalue weighted by Gasteiger charge is 2.11. The molecule has 0 fully saturated rings. The van der Waals surface area contributed by atoms with Crippen LogP contribution in [-0.2, 0) is 11.3 Å². The van der Waals surface area contributed by atoms with Gasteiger partial charge in [-0.05, 0) is 29.8 Å². The second-order valence-corrected chi connectivity index (χ2v) is 5.06. The maximum Gasteiger partial charge on any atom is 0.270 e. The van der Waals surface area contributed by atoms with E-state index in [1.165, 1.54) is 0 Å². The number of rotatable bonds is 4. The molecule has 0 heterocycles. The predicted molar refractivity (Wildman–Crippen MR) is 81.6 cm³/mol. The van der Waals surface area contributed by atoms with E-state index in [0.29, 0.717) is 22.2 Å². The van der Waals surface area contributed by atoms with Gasteiger partial charge in [-0.25, -0.2) is 0 Å². The van der Waals surface area contributed by atoms with E-state index < -0.39 is 5.91 Å². The molecular formula is C15H12Cl2N2O. The summed E-state index contributed by atoms with van der Waals surface area (Å²) in [6.45, 7) is 0.353. The van der Waals surface area contributed by atoms with Gasteiger partial charge in [-0.3, -0.25) is 10.2 Å². The van der Waals surface area contributed by atoms with E-state index in [2.05, 4.69) is 5.32 Å². The molecular weight excluding hydrogens is 295 g/mol. The second kappa shape index (κ2) is 6.55. The Labute approximate surface area is 127 Å². The maximum atomic E-state index is 11.9. The van der Waals surface area contributed by atoms with Gasteiger partial charge in [0.15, 0.2) is 0 Å². The average molecular weight is 307 g/mol. The summed E-state index contributed by atoms with van der Waals surface area (Å²) in [5.74, 6) is -0.428. The van der Waals surface area contributed by atoms with Gasteiger partial charge in [-0.2, -0.15) is 0 Å². The molecule has 102 valence electrons. The summed E-state index contributed by atoms with van der Waals surface area (Å²) in [6.07, 6.45) is 0. The van der Waals surface area contributed by atoms with Gasteiger partial charge in [0.05, 0.1) is 0 Å². The molecule has 0 saturated heterocycles. The lowest BCUT2D eigenvalue weighted by atomic mass is 10.1. The van der Waals surface area contributed by atoms with Crippen molar-refractivity contribution in [2.45, 2.75) is 6.54 Å². The van der Waals surface area contributed by atoms with E-state index in [9.17, 15) is 4.79 Å². The molecule has 0 atom stereocenters. The van der Waals surface area contributed by atoms with Crippen molar-refractivity contribution >= 4 is 34.8 Å². The van der Waals surface area contributed by atoms with Gasteiger partial charge in [-0.1, -0.05) is 47.5 Å². The fraction of sp³-hybridized carbons (Fsp3) is 0.0667. The fourth-order valence-corrected chi connectivity index (χ4v) is 1.87. The summed E-state index contributed by atoms with van der Waals surface area (Å²) in [5.41, 5.74) is 1.37. The van der Waals surface area contributed by atoms with Crippen LogP contribution in [0.25, 0.3) is 0 Å². The predicted octanol–water partition coefficient (Wildman–Crippen LogP) is 3.68. The summed E-state index contributed by atoms with van der Waals surface area (Å²) in [4.78, 5) is 11.9. The first kappa shape index (κ1) is 14.6. The highest BCUT2D eigenvalue weighted by atomic mass is 35.5. The Morgan fingerprint density at radius 2 is 1.45 bits per heavy atom.